The van der Waals surface area contributed by atoms with Gasteiger partial charge in [-0.05, 0) is 49.6 Å². The molecule has 2 aromatic heterocycles. The summed E-state index contributed by atoms with van der Waals surface area (Å²) in [7, 11) is 0. The second kappa shape index (κ2) is 9.67. The maximum Gasteiger partial charge on any atom is 0.230 e. The van der Waals surface area contributed by atoms with Crippen LogP contribution >= 0.6 is 23.1 Å². The lowest BCUT2D eigenvalue weighted by atomic mass is 10.1. The van der Waals surface area contributed by atoms with Gasteiger partial charge in [0.2, 0.25) is 5.91 Å². The predicted octanol–water partition coefficient (Wildman–Crippen LogP) is 5.88. The van der Waals surface area contributed by atoms with Crippen molar-refractivity contribution in [3.63, 3.8) is 0 Å². The number of nitrogens with zero attached hydrogens (tertiary/aromatic N) is 5. The van der Waals surface area contributed by atoms with Crippen LogP contribution < -0.4 is 4.90 Å². The van der Waals surface area contributed by atoms with Crippen LogP contribution in [0.4, 0.5) is 10.8 Å². The maximum absolute atomic E-state index is 12.4. The first-order valence-electron chi connectivity index (χ1n) is 10.4. The normalized spacial score (nSPS) is 11.0. The topological polar surface area (TPSA) is 63.9 Å². The monoisotopic (exact) mass is 463 g/mol. The van der Waals surface area contributed by atoms with E-state index in [0.29, 0.717) is 10.9 Å². The van der Waals surface area contributed by atoms with Crippen molar-refractivity contribution in [3.8, 4) is 5.69 Å². The van der Waals surface area contributed by atoms with Crippen LogP contribution in [0.15, 0.2) is 59.1 Å². The first-order chi connectivity index (χ1) is 15.5. The third-order valence-electron chi connectivity index (χ3n) is 5.15. The summed E-state index contributed by atoms with van der Waals surface area (Å²) in [6, 6.07) is 16.3. The Kier molecular flexibility index (Phi) is 6.72. The molecule has 164 valence electrons. The predicted molar refractivity (Wildman–Crippen MR) is 131 cm³/mol. The Bertz CT molecular complexity index is 1230. The molecular formula is C24H25N5OS2. The van der Waals surface area contributed by atoms with Gasteiger partial charge in [0.05, 0.1) is 17.1 Å². The van der Waals surface area contributed by atoms with Crippen molar-refractivity contribution < 1.29 is 4.79 Å². The van der Waals surface area contributed by atoms with E-state index in [1.54, 1.807) is 23.6 Å². The van der Waals surface area contributed by atoms with Crippen molar-refractivity contribution >= 4 is 39.8 Å². The van der Waals surface area contributed by atoms with Gasteiger partial charge in [-0.3, -0.25) is 14.3 Å². The van der Waals surface area contributed by atoms with Crippen molar-refractivity contribution in [1.29, 1.82) is 0 Å². The van der Waals surface area contributed by atoms with Crippen molar-refractivity contribution in [2.45, 2.75) is 45.0 Å². The van der Waals surface area contributed by atoms with Crippen LogP contribution in [0.3, 0.4) is 0 Å². The molecule has 0 saturated heterocycles. The first kappa shape index (κ1) is 22.2. The highest BCUT2D eigenvalue weighted by molar-refractivity contribution is 7.98. The Morgan fingerprint density at radius 2 is 1.84 bits per heavy atom. The summed E-state index contributed by atoms with van der Waals surface area (Å²) in [5.74, 6) is 1.43. The van der Waals surface area contributed by atoms with Crippen LogP contribution in [0.5, 0.6) is 0 Å². The van der Waals surface area contributed by atoms with E-state index in [1.165, 1.54) is 22.5 Å². The summed E-state index contributed by atoms with van der Waals surface area (Å²) in [6.45, 7) is 7.72. The largest absolute Gasteiger partial charge is 0.274 e. The maximum atomic E-state index is 12.4. The molecule has 4 aromatic rings. The highest BCUT2D eigenvalue weighted by Gasteiger charge is 2.19. The Hall–Kier alpha value is -2.97. The molecule has 32 heavy (non-hydrogen) atoms. The summed E-state index contributed by atoms with van der Waals surface area (Å²) in [5.41, 5.74) is 5.22. The van der Waals surface area contributed by atoms with Crippen molar-refractivity contribution in [2.75, 3.05) is 4.90 Å². The van der Waals surface area contributed by atoms with Crippen LogP contribution in [-0.2, 0) is 17.0 Å². The molecule has 8 heteroatoms. The van der Waals surface area contributed by atoms with E-state index in [0.717, 1.165) is 34.5 Å². The van der Waals surface area contributed by atoms with E-state index in [2.05, 4.69) is 52.9 Å². The molecule has 0 aliphatic rings. The molecule has 0 saturated carbocycles. The quantitative estimate of drug-likeness (QED) is 0.320. The Labute approximate surface area is 196 Å². The van der Waals surface area contributed by atoms with Crippen LogP contribution in [0.25, 0.3) is 5.69 Å². The molecule has 0 radical (unpaired) electrons. The van der Waals surface area contributed by atoms with Gasteiger partial charge in [-0.1, -0.05) is 49.0 Å². The van der Waals surface area contributed by atoms with Crippen LogP contribution in [0.1, 0.15) is 36.5 Å². The summed E-state index contributed by atoms with van der Waals surface area (Å²) < 4.78 is 2.07. The van der Waals surface area contributed by atoms with Gasteiger partial charge in [0.25, 0.3) is 0 Å². The van der Waals surface area contributed by atoms with Gasteiger partial charge in [-0.2, -0.15) is 0 Å². The Balaban J connectivity index is 1.54. The molecule has 0 bridgehead atoms. The summed E-state index contributed by atoms with van der Waals surface area (Å²) in [5, 5.41) is 12.1. The molecule has 0 aliphatic heterocycles. The molecule has 0 aliphatic carbocycles. The Morgan fingerprint density at radius 1 is 1.09 bits per heavy atom. The smallest absolute Gasteiger partial charge is 0.230 e. The fourth-order valence-electron chi connectivity index (χ4n) is 3.44. The van der Waals surface area contributed by atoms with Crippen LogP contribution in [0.2, 0.25) is 0 Å². The molecule has 2 heterocycles. The number of thiazole rings is 1. The van der Waals surface area contributed by atoms with Gasteiger partial charge in [0.1, 0.15) is 5.82 Å². The zero-order valence-corrected chi connectivity index (χ0v) is 20.2. The zero-order valence-electron chi connectivity index (χ0n) is 18.6. The standard InChI is InChI=1S/C24H25N5OS2/c1-5-19-10-12-21(13-11-19)29(18(4)30)23-25-20(14-31-23)15-32-24-27-26-17(3)28(24)22-9-7-6-8-16(22)2/h6-14H,5,15H2,1-4H3. The highest BCUT2D eigenvalue weighted by atomic mass is 32.2. The number of carbonyl (C=O) groups excluding carboxylic acids is 1. The van der Waals surface area contributed by atoms with Crippen molar-refractivity contribution in [3.05, 3.63) is 76.6 Å². The number of hydrogen-bond acceptors (Lipinski definition) is 6. The second-order valence-electron chi connectivity index (χ2n) is 7.44. The molecular weight excluding hydrogens is 438 g/mol. The number of thioether (sulfide) groups is 1. The number of rotatable bonds is 7. The molecule has 0 unspecified atom stereocenters. The molecule has 6 nitrogen and oxygen atoms in total. The minimum atomic E-state index is -0.0577. The summed E-state index contributed by atoms with van der Waals surface area (Å²) in [4.78, 5) is 18.8. The van der Waals surface area contributed by atoms with E-state index in [4.69, 9.17) is 4.98 Å². The molecule has 2 aromatic carbocycles. The number of carbonyl (C=O) groups is 1. The average Bonchev–Trinajstić information content (AvgIpc) is 3.39. The summed E-state index contributed by atoms with van der Waals surface area (Å²) >= 11 is 3.06. The average molecular weight is 464 g/mol. The van der Waals surface area contributed by atoms with E-state index in [9.17, 15) is 4.79 Å². The Morgan fingerprint density at radius 3 is 2.53 bits per heavy atom. The van der Waals surface area contributed by atoms with E-state index in [-0.39, 0.29) is 5.91 Å². The molecule has 4 rings (SSSR count). The minimum absolute atomic E-state index is 0.0577. The second-order valence-corrected chi connectivity index (χ2v) is 9.22. The fourth-order valence-corrected chi connectivity index (χ4v) is 5.31. The number of amides is 1. The molecule has 0 N–H and O–H groups in total. The van der Waals surface area contributed by atoms with Crippen LogP contribution in [0, 0.1) is 13.8 Å². The third kappa shape index (κ3) is 4.61. The lowest BCUT2D eigenvalue weighted by Crippen LogP contribution is -2.22. The SMILES string of the molecule is CCc1ccc(N(C(C)=O)c2nc(CSc3nnc(C)n3-c3ccccc3C)cs2)cc1. The van der Waals surface area contributed by atoms with Gasteiger partial charge in [-0.15, -0.1) is 21.5 Å². The minimum Gasteiger partial charge on any atom is -0.274 e. The molecule has 0 spiro atoms. The van der Waals surface area contributed by atoms with Gasteiger partial charge in [0, 0.05) is 18.1 Å². The molecule has 0 atom stereocenters. The lowest BCUT2D eigenvalue weighted by Gasteiger charge is -2.18. The number of aromatic nitrogens is 4. The van der Waals surface area contributed by atoms with Crippen LogP contribution in [-0.4, -0.2) is 25.7 Å². The third-order valence-corrected chi connectivity index (χ3v) is 6.99. The highest BCUT2D eigenvalue weighted by Crippen LogP contribution is 2.32. The number of benzene rings is 2. The van der Waals surface area contributed by atoms with E-state index >= 15 is 0 Å². The van der Waals surface area contributed by atoms with Crippen molar-refractivity contribution in [2.24, 2.45) is 0 Å². The fraction of sp³-hybridized carbons (Fsp3) is 0.250. The number of para-hydroxylation sites is 1. The molecule has 0 fully saturated rings. The number of anilines is 2. The van der Waals surface area contributed by atoms with Crippen molar-refractivity contribution in [1.82, 2.24) is 19.7 Å². The van der Waals surface area contributed by atoms with Gasteiger partial charge < -0.3 is 0 Å². The number of hydrogen-bond donors (Lipinski definition) is 0. The first-order valence-corrected chi connectivity index (χ1v) is 12.3. The zero-order chi connectivity index (χ0) is 22.7. The van der Waals surface area contributed by atoms with Gasteiger partial charge in [-0.25, -0.2) is 4.98 Å². The van der Waals surface area contributed by atoms with Gasteiger partial charge in [0.15, 0.2) is 10.3 Å². The summed E-state index contributed by atoms with van der Waals surface area (Å²) in [6.07, 6.45) is 0.964. The lowest BCUT2D eigenvalue weighted by molar-refractivity contribution is -0.115. The molecule has 1 amide bonds. The number of aryl methyl sites for hydroxylation is 3. The van der Waals surface area contributed by atoms with Gasteiger partial charge >= 0.3 is 0 Å². The van der Waals surface area contributed by atoms with E-state index in [1.807, 2.05) is 36.6 Å². The van der Waals surface area contributed by atoms with E-state index < -0.39 is 0 Å².